The zero-order valence-corrected chi connectivity index (χ0v) is 6.85. The summed E-state index contributed by atoms with van der Waals surface area (Å²) in [6, 6.07) is 0. The van der Waals surface area contributed by atoms with Crippen LogP contribution in [-0.4, -0.2) is 19.5 Å². The minimum absolute atomic E-state index is 0.991. The van der Waals surface area contributed by atoms with Gasteiger partial charge in [0.15, 0.2) is 0 Å². The van der Waals surface area contributed by atoms with Crippen LogP contribution in [-0.2, 0) is 13.8 Å². The van der Waals surface area contributed by atoms with Crippen LogP contribution in [0.2, 0.25) is 0 Å². The third-order valence-corrected chi connectivity index (χ3v) is 4.59. The average molecular weight is 189 g/mol. The fraction of sp³-hybridized carbons (Fsp3) is 0. The van der Waals surface area contributed by atoms with Gasteiger partial charge in [-0.15, -0.1) is 0 Å². The van der Waals surface area contributed by atoms with E-state index in [1.54, 1.807) is 6.08 Å². The van der Waals surface area contributed by atoms with Gasteiger partial charge in [-0.2, -0.15) is 8.42 Å². The van der Waals surface area contributed by atoms with Crippen LogP contribution < -0.4 is 0 Å². The topological polar surface area (TPSA) is 63.6 Å². The van der Waals surface area contributed by atoms with E-state index in [2.05, 4.69) is 9.42 Å². The average Bonchev–Trinajstić information content (AvgIpc) is 2.37. The van der Waals surface area contributed by atoms with Gasteiger partial charge < -0.3 is 0 Å². The van der Waals surface area contributed by atoms with Crippen molar-refractivity contribution in [1.82, 2.24) is 0 Å². The zero-order valence-electron chi connectivity index (χ0n) is 5.22. The second-order valence-electron chi connectivity index (χ2n) is 1.52. The van der Waals surface area contributed by atoms with Gasteiger partial charge in [-0.25, -0.2) is 4.79 Å². The molecule has 0 saturated heterocycles. The highest BCUT2D eigenvalue weighted by molar-refractivity contribution is 8.80. The molecule has 0 fully saturated rings. The van der Waals surface area contributed by atoms with Crippen LogP contribution in [0.25, 0.3) is 0 Å². The summed E-state index contributed by atoms with van der Waals surface area (Å²) in [6.45, 7) is 0. The van der Waals surface area contributed by atoms with Crippen LogP contribution in [0.5, 0.6) is 0 Å². The Kier molecular flexibility index (Phi) is 2.22. The molecule has 1 aliphatic heterocycles. The minimum Gasteiger partial charge on any atom is -0.210 e. The minimum atomic E-state index is -3.71. The summed E-state index contributed by atoms with van der Waals surface area (Å²) in [5.74, 6) is 0. The number of rotatable bonds is 2. The Bertz CT molecular complexity index is 405. The Morgan fingerprint density at radius 3 is 2.73 bits per heavy atom. The molecule has 1 rings (SSSR count). The van der Waals surface area contributed by atoms with Gasteiger partial charge in [-0.1, -0.05) is 9.42 Å². The van der Waals surface area contributed by atoms with Crippen LogP contribution >= 0.6 is 9.52 Å². The van der Waals surface area contributed by atoms with Gasteiger partial charge in [0.25, 0.3) is 6.08 Å². The number of hydrogen-bond acceptors (Lipinski definition) is 3. The van der Waals surface area contributed by atoms with Gasteiger partial charge in [-0.3, -0.25) is 0 Å². The van der Waals surface area contributed by atoms with Crippen LogP contribution in [0.4, 0.5) is 0 Å². The Labute approximate surface area is 65.3 Å². The van der Waals surface area contributed by atoms with Crippen molar-refractivity contribution in [3.8, 4) is 0 Å². The number of allylic oxidation sites excluding steroid dienone is 2. The molecule has 0 N–H and O–H groups in total. The third-order valence-electron chi connectivity index (χ3n) is 0.859. The molecule has 1 unspecified atom stereocenters. The summed E-state index contributed by atoms with van der Waals surface area (Å²) < 4.78 is 24.4. The van der Waals surface area contributed by atoms with Crippen LogP contribution in [0.1, 0.15) is 0 Å². The SMILES string of the molecule is O=C=NS(=O)(=O)S1=C=CC=C1. The van der Waals surface area contributed by atoms with E-state index in [-0.39, 0.29) is 0 Å². The molecule has 0 aromatic carbocycles. The largest absolute Gasteiger partial charge is 0.322 e. The Morgan fingerprint density at radius 1 is 1.55 bits per heavy atom. The van der Waals surface area contributed by atoms with Gasteiger partial charge in [0.1, 0.15) is 0 Å². The molecule has 0 bridgehead atoms. The first-order valence-electron chi connectivity index (χ1n) is 2.51. The second-order valence-corrected chi connectivity index (χ2v) is 6.00. The van der Waals surface area contributed by atoms with E-state index in [9.17, 15) is 13.2 Å². The highest BCUT2D eigenvalue weighted by Crippen LogP contribution is 2.25. The summed E-state index contributed by atoms with van der Waals surface area (Å²) in [7, 11) is -4.89. The van der Waals surface area contributed by atoms with Crippen molar-refractivity contribution >= 4 is 29.7 Å². The number of hydrogen-bond donors (Lipinski definition) is 0. The van der Waals surface area contributed by atoms with Crippen molar-refractivity contribution in [2.75, 3.05) is 0 Å². The molecule has 1 aliphatic rings. The first-order chi connectivity index (χ1) is 5.17. The Balaban J connectivity index is 3.21. The van der Waals surface area contributed by atoms with E-state index in [1.165, 1.54) is 11.5 Å². The van der Waals surface area contributed by atoms with Gasteiger partial charge in [0.05, 0.1) is 0 Å². The van der Waals surface area contributed by atoms with Crippen molar-refractivity contribution in [3.05, 3.63) is 17.6 Å². The monoisotopic (exact) mass is 189 g/mol. The standard InChI is InChI=1S/C5H3NO3S2/c7-5-6-11(8,9)10-3-1-2-4-10/h1-3H. The van der Waals surface area contributed by atoms with Crippen LogP contribution in [0.15, 0.2) is 22.0 Å². The van der Waals surface area contributed by atoms with E-state index in [0.717, 1.165) is 6.08 Å². The second kappa shape index (κ2) is 2.98. The molecule has 0 aromatic heterocycles. The lowest BCUT2D eigenvalue weighted by molar-refractivity contribution is 0.564. The molecule has 58 valence electrons. The molecule has 0 saturated carbocycles. The van der Waals surface area contributed by atoms with Gasteiger partial charge >= 0.3 is 9.06 Å². The summed E-state index contributed by atoms with van der Waals surface area (Å²) in [4.78, 5) is 9.65. The summed E-state index contributed by atoms with van der Waals surface area (Å²) in [5, 5.41) is 3.93. The van der Waals surface area contributed by atoms with Crippen molar-refractivity contribution in [2.24, 2.45) is 4.40 Å². The van der Waals surface area contributed by atoms with Crippen LogP contribution in [0, 0.1) is 0 Å². The van der Waals surface area contributed by atoms with Crippen molar-refractivity contribution in [1.29, 1.82) is 0 Å². The van der Waals surface area contributed by atoms with Crippen molar-refractivity contribution in [2.45, 2.75) is 0 Å². The molecule has 11 heavy (non-hydrogen) atoms. The smallest absolute Gasteiger partial charge is 0.210 e. The van der Waals surface area contributed by atoms with E-state index in [1.807, 2.05) is 0 Å². The fourth-order valence-electron chi connectivity index (χ4n) is 0.473. The lowest BCUT2D eigenvalue weighted by atomic mass is 10.6. The highest BCUT2D eigenvalue weighted by atomic mass is 33.2. The molecular weight excluding hydrogens is 186 g/mol. The van der Waals surface area contributed by atoms with Crippen LogP contribution in [0.3, 0.4) is 0 Å². The van der Waals surface area contributed by atoms with Gasteiger partial charge in [0, 0.05) is 9.52 Å². The Morgan fingerprint density at radius 2 is 2.27 bits per heavy atom. The molecule has 1 atom stereocenters. The predicted molar refractivity (Wildman–Crippen MR) is 43.3 cm³/mol. The highest BCUT2D eigenvalue weighted by Gasteiger charge is 2.12. The molecule has 0 spiro atoms. The van der Waals surface area contributed by atoms with E-state index in [4.69, 9.17) is 0 Å². The first-order valence-corrected chi connectivity index (χ1v) is 5.75. The third kappa shape index (κ3) is 1.76. The molecule has 0 amide bonds. The van der Waals surface area contributed by atoms with E-state index < -0.39 is 18.6 Å². The number of carbonyl (C=O) groups excluding carboxylic acids is 1. The molecule has 0 aliphatic carbocycles. The molecule has 0 aromatic rings. The Hall–Kier alpha value is -0.930. The maximum atomic E-state index is 10.9. The molecule has 0 radical (unpaired) electrons. The zero-order chi connectivity index (χ0) is 8.32. The molecular formula is C5H3NO3S2. The molecule has 1 heterocycles. The van der Waals surface area contributed by atoms with E-state index >= 15 is 0 Å². The van der Waals surface area contributed by atoms with Gasteiger partial charge in [0.2, 0.25) is 0 Å². The normalized spacial score (nSPS) is 20.9. The van der Waals surface area contributed by atoms with Crippen molar-refractivity contribution in [3.63, 3.8) is 0 Å². The van der Waals surface area contributed by atoms with E-state index in [0.29, 0.717) is 0 Å². The maximum Gasteiger partial charge on any atom is 0.322 e. The fourth-order valence-corrected chi connectivity index (χ4v) is 2.90. The number of nitrogens with zero attached hydrogens (tertiary/aromatic N) is 1. The predicted octanol–water partition coefficient (Wildman–Crippen LogP) is 0.321. The maximum absolute atomic E-state index is 10.9. The number of isocyanates is 1. The summed E-state index contributed by atoms with van der Waals surface area (Å²) in [5.41, 5.74) is 0. The van der Waals surface area contributed by atoms with Gasteiger partial charge in [-0.05, 0) is 17.6 Å². The quantitative estimate of drug-likeness (QED) is 0.272. The summed E-state index contributed by atoms with van der Waals surface area (Å²) >= 11 is 0. The van der Waals surface area contributed by atoms with Crippen molar-refractivity contribution < 1.29 is 13.2 Å². The molecule has 4 nitrogen and oxygen atoms in total. The molecule has 6 heteroatoms. The summed E-state index contributed by atoms with van der Waals surface area (Å²) in [6.07, 6.45) is 4.01. The lowest BCUT2D eigenvalue weighted by Gasteiger charge is -1.89. The first kappa shape index (κ1) is 8.17. The lowest BCUT2D eigenvalue weighted by Crippen LogP contribution is -1.87.